The molecule has 96 valence electrons. The van der Waals surface area contributed by atoms with Gasteiger partial charge >= 0.3 is 0 Å². The van der Waals surface area contributed by atoms with E-state index in [1.165, 1.54) is 0 Å². The number of benzene rings is 1. The lowest BCUT2D eigenvalue weighted by molar-refractivity contribution is 0.280. The molecule has 0 bridgehead atoms. The molecule has 1 aromatic carbocycles. The molecule has 0 amide bonds. The van der Waals surface area contributed by atoms with Crippen LogP contribution in [0.1, 0.15) is 12.0 Å². The van der Waals surface area contributed by atoms with Gasteiger partial charge in [0.25, 0.3) is 0 Å². The van der Waals surface area contributed by atoms with Crippen molar-refractivity contribution in [3.63, 3.8) is 0 Å². The van der Waals surface area contributed by atoms with Crippen molar-refractivity contribution in [3.05, 3.63) is 34.6 Å². The van der Waals surface area contributed by atoms with Crippen LogP contribution in [0.4, 0.5) is 4.39 Å². The quantitative estimate of drug-likeness (QED) is 0.895. The molecule has 0 saturated carbocycles. The fraction of sp³-hybridized carbons (Fsp3) is 0.500. The maximum Gasteiger partial charge on any atom is 0.146 e. The van der Waals surface area contributed by atoms with Gasteiger partial charge in [-0.25, -0.2) is 4.39 Å². The van der Waals surface area contributed by atoms with Crippen LogP contribution in [0, 0.1) is 5.82 Å². The van der Waals surface area contributed by atoms with E-state index in [0.29, 0.717) is 12.1 Å². The van der Waals surface area contributed by atoms with Crippen LogP contribution < -0.4 is 5.32 Å². The first-order valence-electron chi connectivity index (χ1n) is 5.63. The minimum Gasteiger partial charge on any atom is -0.315 e. The van der Waals surface area contributed by atoms with Crippen molar-refractivity contribution in [1.29, 1.82) is 0 Å². The zero-order valence-electron chi connectivity index (χ0n) is 9.59. The van der Waals surface area contributed by atoms with Crippen molar-refractivity contribution < 1.29 is 4.39 Å². The summed E-state index contributed by atoms with van der Waals surface area (Å²) in [6, 6.07) is 5.20. The van der Waals surface area contributed by atoms with Gasteiger partial charge in [-0.05, 0) is 25.6 Å². The molecule has 1 aliphatic rings. The van der Waals surface area contributed by atoms with Crippen LogP contribution in [0.3, 0.4) is 0 Å². The molecule has 1 N–H and O–H groups in total. The van der Waals surface area contributed by atoms with Gasteiger partial charge in [0.2, 0.25) is 0 Å². The number of rotatable bonds is 2. The zero-order valence-corrected chi connectivity index (χ0v) is 11.2. The molecule has 1 heterocycles. The van der Waals surface area contributed by atoms with Gasteiger partial charge in [-0.3, -0.25) is 4.90 Å². The lowest BCUT2D eigenvalue weighted by Gasteiger charge is -2.19. The van der Waals surface area contributed by atoms with E-state index in [-0.39, 0.29) is 23.2 Å². The summed E-state index contributed by atoms with van der Waals surface area (Å²) in [5.41, 5.74) is 0.689. The SMILES string of the molecule is Cl.Fc1c(Cl)cccc1CN1CCCNCC1. The summed E-state index contributed by atoms with van der Waals surface area (Å²) in [5.74, 6) is -0.277. The van der Waals surface area contributed by atoms with Crippen LogP contribution in [0.5, 0.6) is 0 Å². The number of halogens is 3. The molecule has 1 aliphatic heterocycles. The second-order valence-electron chi connectivity index (χ2n) is 4.09. The van der Waals surface area contributed by atoms with E-state index in [0.717, 1.165) is 32.6 Å². The molecular formula is C12H17Cl2FN2. The summed E-state index contributed by atoms with van der Waals surface area (Å²) in [6.45, 7) is 4.65. The van der Waals surface area contributed by atoms with Gasteiger partial charge in [-0.15, -0.1) is 12.4 Å². The molecule has 2 nitrogen and oxygen atoms in total. The number of nitrogens with zero attached hydrogens (tertiary/aromatic N) is 1. The van der Waals surface area contributed by atoms with E-state index in [1.54, 1.807) is 18.2 Å². The Morgan fingerprint density at radius 2 is 2.12 bits per heavy atom. The highest BCUT2D eigenvalue weighted by atomic mass is 35.5. The van der Waals surface area contributed by atoms with Crippen LogP contribution in [0.25, 0.3) is 0 Å². The van der Waals surface area contributed by atoms with Crippen molar-refractivity contribution in [3.8, 4) is 0 Å². The van der Waals surface area contributed by atoms with Gasteiger partial charge in [0, 0.05) is 25.2 Å². The molecule has 0 atom stereocenters. The third-order valence-corrected chi connectivity index (χ3v) is 3.15. The number of hydrogen-bond acceptors (Lipinski definition) is 2. The molecule has 0 aromatic heterocycles. The van der Waals surface area contributed by atoms with Crippen LogP contribution in [-0.2, 0) is 6.54 Å². The fourth-order valence-corrected chi connectivity index (χ4v) is 2.17. The molecule has 0 radical (unpaired) electrons. The highest BCUT2D eigenvalue weighted by Crippen LogP contribution is 2.19. The predicted molar refractivity (Wildman–Crippen MR) is 71.4 cm³/mol. The van der Waals surface area contributed by atoms with E-state index in [9.17, 15) is 4.39 Å². The highest BCUT2D eigenvalue weighted by molar-refractivity contribution is 6.30. The molecule has 0 aliphatic carbocycles. The van der Waals surface area contributed by atoms with Crippen molar-refractivity contribution >= 4 is 24.0 Å². The third kappa shape index (κ3) is 4.11. The minimum absolute atomic E-state index is 0. The lowest BCUT2D eigenvalue weighted by Crippen LogP contribution is -2.28. The monoisotopic (exact) mass is 278 g/mol. The number of hydrogen-bond donors (Lipinski definition) is 1. The molecule has 17 heavy (non-hydrogen) atoms. The summed E-state index contributed by atoms with van der Waals surface area (Å²) in [6.07, 6.45) is 1.11. The van der Waals surface area contributed by atoms with Gasteiger partial charge in [-0.1, -0.05) is 23.7 Å². The van der Waals surface area contributed by atoms with E-state index >= 15 is 0 Å². The second kappa shape index (κ2) is 7.17. The molecule has 1 aromatic rings. The highest BCUT2D eigenvalue weighted by Gasteiger charge is 2.12. The molecule has 1 fully saturated rings. The van der Waals surface area contributed by atoms with Crippen molar-refractivity contribution in [1.82, 2.24) is 10.2 Å². The average molecular weight is 279 g/mol. The molecule has 1 saturated heterocycles. The summed E-state index contributed by atoms with van der Waals surface area (Å²) >= 11 is 5.76. The van der Waals surface area contributed by atoms with Gasteiger partial charge < -0.3 is 5.32 Å². The summed E-state index contributed by atoms with van der Waals surface area (Å²) in [7, 11) is 0. The first-order chi connectivity index (χ1) is 7.77. The van der Waals surface area contributed by atoms with Gasteiger partial charge in [0.1, 0.15) is 5.82 Å². The molecule has 0 unspecified atom stereocenters. The summed E-state index contributed by atoms with van der Waals surface area (Å²) in [4.78, 5) is 2.26. The van der Waals surface area contributed by atoms with Crippen molar-refractivity contribution in [2.24, 2.45) is 0 Å². The topological polar surface area (TPSA) is 15.3 Å². The Balaban J connectivity index is 0.00000144. The van der Waals surface area contributed by atoms with E-state index < -0.39 is 0 Å². The predicted octanol–water partition coefficient (Wildman–Crippen LogP) is 2.70. The Hall–Kier alpha value is -0.350. The van der Waals surface area contributed by atoms with Crippen LogP contribution in [-0.4, -0.2) is 31.1 Å². The van der Waals surface area contributed by atoms with Crippen molar-refractivity contribution in [2.75, 3.05) is 26.2 Å². The van der Waals surface area contributed by atoms with E-state index in [1.807, 2.05) is 0 Å². The van der Waals surface area contributed by atoms with Crippen LogP contribution in [0.15, 0.2) is 18.2 Å². The summed E-state index contributed by atoms with van der Waals surface area (Å²) < 4.78 is 13.7. The van der Waals surface area contributed by atoms with Crippen molar-refractivity contribution in [2.45, 2.75) is 13.0 Å². The van der Waals surface area contributed by atoms with Gasteiger partial charge in [0.05, 0.1) is 5.02 Å². The average Bonchev–Trinajstić information content (AvgIpc) is 2.53. The van der Waals surface area contributed by atoms with E-state index in [2.05, 4.69) is 10.2 Å². The van der Waals surface area contributed by atoms with E-state index in [4.69, 9.17) is 11.6 Å². The van der Waals surface area contributed by atoms with Crippen LogP contribution >= 0.6 is 24.0 Å². The second-order valence-corrected chi connectivity index (χ2v) is 4.50. The van der Waals surface area contributed by atoms with Crippen LogP contribution in [0.2, 0.25) is 5.02 Å². The Morgan fingerprint density at radius 3 is 2.94 bits per heavy atom. The maximum absolute atomic E-state index is 13.7. The Labute approximate surface area is 113 Å². The van der Waals surface area contributed by atoms with Gasteiger partial charge in [-0.2, -0.15) is 0 Å². The van der Waals surface area contributed by atoms with Gasteiger partial charge in [0.15, 0.2) is 0 Å². The third-order valence-electron chi connectivity index (χ3n) is 2.86. The first kappa shape index (κ1) is 14.7. The zero-order chi connectivity index (χ0) is 11.4. The fourth-order valence-electron chi connectivity index (χ4n) is 1.97. The number of nitrogens with one attached hydrogen (secondary N) is 1. The lowest BCUT2D eigenvalue weighted by atomic mass is 10.2. The molecule has 0 spiro atoms. The Kier molecular flexibility index (Phi) is 6.20. The maximum atomic E-state index is 13.7. The largest absolute Gasteiger partial charge is 0.315 e. The molecule has 5 heteroatoms. The minimum atomic E-state index is -0.277. The Morgan fingerprint density at radius 1 is 1.29 bits per heavy atom. The first-order valence-corrected chi connectivity index (χ1v) is 6.01. The standard InChI is InChI=1S/C12H16ClFN2.ClH/c13-11-4-1-3-10(12(11)14)9-16-7-2-5-15-6-8-16;/h1,3-4,15H,2,5-9H2;1H. The normalized spacial score (nSPS) is 17.3. The Bertz CT molecular complexity index is 352. The summed E-state index contributed by atoms with van der Waals surface area (Å²) in [5, 5.41) is 3.54. The molecule has 2 rings (SSSR count). The smallest absolute Gasteiger partial charge is 0.146 e. The molecular weight excluding hydrogens is 262 g/mol.